The van der Waals surface area contributed by atoms with E-state index >= 15 is 0 Å². The van der Waals surface area contributed by atoms with Crippen molar-refractivity contribution in [2.45, 2.75) is 19.3 Å². The minimum atomic E-state index is 0.820. The van der Waals surface area contributed by atoms with Gasteiger partial charge < -0.3 is 10.6 Å². The summed E-state index contributed by atoms with van der Waals surface area (Å²) in [6.07, 6.45) is 5.63. The third-order valence-electron chi connectivity index (χ3n) is 2.81. The average Bonchev–Trinajstić information content (AvgIpc) is 2.18. The fourth-order valence-corrected chi connectivity index (χ4v) is 2.15. The molecule has 0 aliphatic heterocycles. The van der Waals surface area contributed by atoms with Gasteiger partial charge in [-0.15, -0.1) is 0 Å². The van der Waals surface area contributed by atoms with Gasteiger partial charge in [-0.1, -0.05) is 6.42 Å². The summed E-state index contributed by atoms with van der Waals surface area (Å²) in [5.41, 5.74) is 0. The molecule has 0 unspecified atom stereocenters. The quantitative estimate of drug-likeness (QED) is 0.883. The number of hydrogen-bond acceptors (Lipinski definition) is 4. The van der Waals surface area contributed by atoms with E-state index in [0.717, 1.165) is 28.6 Å². The Morgan fingerprint density at radius 2 is 2.13 bits per heavy atom. The Balaban J connectivity index is 2.00. The van der Waals surface area contributed by atoms with Gasteiger partial charge in [0, 0.05) is 13.6 Å². The van der Waals surface area contributed by atoms with Crippen LogP contribution in [0.1, 0.15) is 19.3 Å². The molecule has 0 radical (unpaired) electrons. The second kappa shape index (κ2) is 4.79. The van der Waals surface area contributed by atoms with Crippen LogP contribution in [0.15, 0.2) is 10.8 Å². The molecule has 1 aliphatic rings. The molecule has 0 aromatic carbocycles. The van der Waals surface area contributed by atoms with Gasteiger partial charge in [-0.3, -0.25) is 0 Å². The van der Waals surface area contributed by atoms with Crippen LogP contribution in [-0.2, 0) is 0 Å². The maximum absolute atomic E-state index is 4.21. The van der Waals surface area contributed by atoms with Crippen LogP contribution >= 0.6 is 15.9 Å². The van der Waals surface area contributed by atoms with Gasteiger partial charge in [-0.2, -0.15) is 0 Å². The standard InChI is InChI=1S/C10H15BrN4/c1-12-9-8(11)10(15-6-14-9)13-5-7-3-2-4-7/h6-7H,2-5H2,1H3,(H2,12,13,14,15). The van der Waals surface area contributed by atoms with Crippen molar-refractivity contribution >= 4 is 27.6 Å². The van der Waals surface area contributed by atoms with Gasteiger partial charge in [0.1, 0.15) is 22.4 Å². The normalized spacial score (nSPS) is 15.9. The molecule has 1 fully saturated rings. The van der Waals surface area contributed by atoms with Gasteiger partial charge in [0.15, 0.2) is 0 Å². The SMILES string of the molecule is CNc1ncnc(NCC2CCC2)c1Br. The van der Waals surface area contributed by atoms with Crippen molar-refractivity contribution in [3.63, 3.8) is 0 Å². The molecule has 15 heavy (non-hydrogen) atoms. The lowest BCUT2D eigenvalue weighted by Crippen LogP contribution is -2.21. The zero-order chi connectivity index (χ0) is 10.7. The van der Waals surface area contributed by atoms with Gasteiger partial charge in [0.25, 0.3) is 0 Å². The smallest absolute Gasteiger partial charge is 0.145 e. The maximum Gasteiger partial charge on any atom is 0.145 e. The van der Waals surface area contributed by atoms with Crippen molar-refractivity contribution in [2.75, 3.05) is 24.2 Å². The van der Waals surface area contributed by atoms with E-state index in [9.17, 15) is 0 Å². The predicted molar refractivity (Wildman–Crippen MR) is 65.1 cm³/mol. The molecule has 0 bridgehead atoms. The van der Waals surface area contributed by atoms with E-state index in [1.807, 2.05) is 7.05 Å². The first-order chi connectivity index (χ1) is 7.31. The highest BCUT2D eigenvalue weighted by Gasteiger charge is 2.17. The van der Waals surface area contributed by atoms with E-state index in [1.165, 1.54) is 19.3 Å². The monoisotopic (exact) mass is 270 g/mol. The van der Waals surface area contributed by atoms with E-state index in [2.05, 4.69) is 36.5 Å². The molecular formula is C10H15BrN4. The molecule has 5 heteroatoms. The van der Waals surface area contributed by atoms with Gasteiger partial charge in [-0.05, 0) is 34.7 Å². The lowest BCUT2D eigenvalue weighted by Gasteiger charge is -2.25. The first-order valence-electron chi connectivity index (χ1n) is 5.23. The minimum Gasteiger partial charge on any atom is -0.372 e. The molecule has 0 saturated heterocycles. The van der Waals surface area contributed by atoms with E-state index in [0.29, 0.717) is 0 Å². The van der Waals surface area contributed by atoms with Gasteiger partial charge in [0.2, 0.25) is 0 Å². The molecule has 1 heterocycles. The van der Waals surface area contributed by atoms with Gasteiger partial charge in [-0.25, -0.2) is 9.97 Å². The van der Waals surface area contributed by atoms with Crippen molar-refractivity contribution in [1.29, 1.82) is 0 Å². The van der Waals surface area contributed by atoms with E-state index in [1.54, 1.807) is 6.33 Å². The highest BCUT2D eigenvalue weighted by molar-refractivity contribution is 9.10. The van der Waals surface area contributed by atoms with Crippen molar-refractivity contribution in [1.82, 2.24) is 9.97 Å². The predicted octanol–water partition coefficient (Wildman–Crippen LogP) is 2.49. The Hall–Kier alpha value is -0.840. The van der Waals surface area contributed by atoms with Gasteiger partial charge >= 0.3 is 0 Å². The van der Waals surface area contributed by atoms with Crippen LogP contribution in [0.25, 0.3) is 0 Å². The largest absolute Gasteiger partial charge is 0.372 e. The third-order valence-corrected chi connectivity index (χ3v) is 3.56. The molecule has 1 aromatic rings. The minimum absolute atomic E-state index is 0.820. The Labute approximate surface area is 98.0 Å². The number of halogens is 1. The van der Waals surface area contributed by atoms with Crippen molar-refractivity contribution in [2.24, 2.45) is 5.92 Å². The molecule has 1 aliphatic carbocycles. The van der Waals surface area contributed by atoms with E-state index in [-0.39, 0.29) is 0 Å². The van der Waals surface area contributed by atoms with Crippen LogP contribution in [-0.4, -0.2) is 23.6 Å². The zero-order valence-electron chi connectivity index (χ0n) is 8.76. The summed E-state index contributed by atoms with van der Waals surface area (Å²) >= 11 is 3.48. The first-order valence-corrected chi connectivity index (χ1v) is 6.02. The summed E-state index contributed by atoms with van der Waals surface area (Å²) in [6.45, 7) is 1.01. The number of aromatic nitrogens is 2. The molecule has 82 valence electrons. The van der Waals surface area contributed by atoms with Crippen molar-refractivity contribution in [3.05, 3.63) is 10.8 Å². The highest BCUT2D eigenvalue weighted by atomic mass is 79.9. The molecular weight excluding hydrogens is 256 g/mol. The maximum atomic E-state index is 4.21. The molecule has 2 rings (SSSR count). The Morgan fingerprint density at radius 1 is 1.40 bits per heavy atom. The van der Waals surface area contributed by atoms with Crippen LogP contribution in [0.3, 0.4) is 0 Å². The molecule has 0 atom stereocenters. The summed E-state index contributed by atoms with van der Waals surface area (Å²) in [7, 11) is 1.85. The topological polar surface area (TPSA) is 49.8 Å². The summed E-state index contributed by atoms with van der Waals surface area (Å²) in [5, 5.41) is 6.36. The average molecular weight is 271 g/mol. The molecule has 2 N–H and O–H groups in total. The second-order valence-electron chi connectivity index (χ2n) is 3.81. The number of hydrogen-bond donors (Lipinski definition) is 2. The van der Waals surface area contributed by atoms with Crippen LogP contribution in [0.4, 0.5) is 11.6 Å². The molecule has 0 spiro atoms. The lowest BCUT2D eigenvalue weighted by atomic mass is 9.85. The van der Waals surface area contributed by atoms with Crippen LogP contribution < -0.4 is 10.6 Å². The molecule has 1 aromatic heterocycles. The summed E-state index contributed by atoms with van der Waals surface area (Å²) in [6, 6.07) is 0. The summed E-state index contributed by atoms with van der Waals surface area (Å²) in [5.74, 6) is 2.52. The Bertz CT molecular complexity index is 338. The van der Waals surface area contributed by atoms with Crippen molar-refractivity contribution < 1.29 is 0 Å². The fourth-order valence-electron chi connectivity index (χ4n) is 1.61. The van der Waals surface area contributed by atoms with Gasteiger partial charge in [0.05, 0.1) is 0 Å². The summed E-state index contributed by atoms with van der Waals surface area (Å²) < 4.78 is 0.909. The van der Waals surface area contributed by atoms with E-state index in [4.69, 9.17) is 0 Å². The fraction of sp³-hybridized carbons (Fsp3) is 0.600. The number of nitrogens with one attached hydrogen (secondary N) is 2. The van der Waals surface area contributed by atoms with E-state index < -0.39 is 0 Å². The number of nitrogens with zero attached hydrogens (tertiary/aromatic N) is 2. The third kappa shape index (κ3) is 2.40. The Morgan fingerprint density at radius 3 is 2.73 bits per heavy atom. The lowest BCUT2D eigenvalue weighted by molar-refractivity contribution is 0.333. The number of anilines is 2. The first kappa shape index (κ1) is 10.7. The van der Waals surface area contributed by atoms with Crippen LogP contribution in [0.2, 0.25) is 0 Å². The van der Waals surface area contributed by atoms with Crippen LogP contribution in [0, 0.1) is 5.92 Å². The number of rotatable bonds is 4. The molecule has 1 saturated carbocycles. The van der Waals surface area contributed by atoms with Crippen LogP contribution in [0.5, 0.6) is 0 Å². The highest BCUT2D eigenvalue weighted by Crippen LogP contribution is 2.29. The Kier molecular flexibility index (Phi) is 3.41. The second-order valence-corrected chi connectivity index (χ2v) is 4.61. The molecule has 4 nitrogen and oxygen atoms in total. The zero-order valence-corrected chi connectivity index (χ0v) is 10.3. The van der Waals surface area contributed by atoms with Crippen molar-refractivity contribution in [3.8, 4) is 0 Å². The molecule has 0 amide bonds. The summed E-state index contributed by atoms with van der Waals surface area (Å²) in [4.78, 5) is 8.32.